The Morgan fingerprint density at radius 3 is 2.38 bits per heavy atom. The van der Waals surface area contributed by atoms with Crippen LogP contribution < -0.4 is 5.32 Å². The van der Waals surface area contributed by atoms with Gasteiger partial charge in [0.05, 0.1) is 16.7 Å². The number of amides is 1. The van der Waals surface area contributed by atoms with Gasteiger partial charge in [0.1, 0.15) is 11.5 Å². The van der Waals surface area contributed by atoms with Gasteiger partial charge in [0.2, 0.25) is 15.9 Å². The standard InChI is InChI=1S/C28H36Cl3N3O4S/c1-33(39(36,37)28-24(30)16-22(29)17-25(28)31)14-15-38-19-27(35)32-23-11-9-20(10-12-23)18-34-13-5-8-26(34)21-6-3-2-4-7-21/h2-4,6-7,16-17,20,23,26H,5,8-15,18-19H2,1H3,(H,32,35). The van der Waals surface area contributed by atoms with Gasteiger partial charge < -0.3 is 10.1 Å². The Morgan fingerprint density at radius 1 is 1.05 bits per heavy atom. The number of halogens is 3. The number of nitrogens with one attached hydrogen (secondary N) is 1. The Labute approximate surface area is 246 Å². The summed E-state index contributed by atoms with van der Waals surface area (Å²) >= 11 is 18.0. The molecule has 2 aliphatic rings. The lowest BCUT2D eigenvalue weighted by molar-refractivity contribution is -0.126. The molecule has 0 bridgehead atoms. The van der Waals surface area contributed by atoms with Crippen LogP contribution in [-0.2, 0) is 19.6 Å². The first-order valence-electron chi connectivity index (χ1n) is 13.4. The molecule has 1 unspecified atom stereocenters. The van der Waals surface area contributed by atoms with E-state index in [1.807, 2.05) is 0 Å². The van der Waals surface area contributed by atoms with Crippen molar-refractivity contribution in [1.29, 1.82) is 0 Å². The van der Waals surface area contributed by atoms with Crippen LogP contribution in [0.15, 0.2) is 47.4 Å². The molecule has 1 atom stereocenters. The van der Waals surface area contributed by atoms with Crippen LogP contribution in [0, 0.1) is 5.92 Å². The van der Waals surface area contributed by atoms with Crippen molar-refractivity contribution in [2.24, 2.45) is 5.92 Å². The van der Waals surface area contributed by atoms with Gasteiger partial charge in [-0.1, -0.05) is 65.1 Å². The number of benzene rings is 2. The van der Waals surface area contributed by atoms with Gasteiger partial charge in [-0.3, -0.25) is 9.69 Å². The molecule has 39 heavy (non-hydrogen) atoms. The highest BCUT2D eigenvalue weighted by molar-refractivity contribution is 7.89. The lowest BCUT2D eigenvalue weighted by Gasteiger charge is -2.34. The molecule has 2 aromatic carbocycles. The van der Waals surface area contributed by atoms with Crippen molar-refractivity contribution < 1.29 is 17.9 Å². The molecule has 7 nitrogen and oxygen atoms in total. The van der Waals surface area contributed by atoms with Gasteiger partial charge in [-0.25, -0.2) is 8.42 Å². The number of carbonyl (C=O) groups excluding carboxylic acids is 1. The zero-order chi connectivity index (χ0) is 28.0. The Hall–Kier alpha value is -1.39. The van der Waals surface area contributed by atoms with Gasteiger partial charge >= 0.3 is 0 Å². The number of hydrogen-bond acceptors (Lipinski definition) is 5. The Bertz CT molecular complexity index is 1200. The van der Waals surface area contributed by atoms with Crippen LogP contribution >= 0.6 is 34.8 Å². The summed E-state index contributed by atoms with van der Waals surface area (Å²) in [7, 11) is -2.54. The maximum atomic E-state index is 12.9. The largest absolute Gasteiger partial charge is 0.370 e. The number of rotatable bonds is 11. The summed E-state index contributed by atoms with van der Waals surface area (Å²) in [6.45, 7) is 2.24. The van der Waals surface area contributed by atoms with Crippen LogP contribution in [0.2, 0.25) is 15.1 Å². The summed E-state index contributed by atoms with van der Waals surface area (Å²) < 4.78 is 32.3. The fraction of sp³-hybridized carbons (Fsp3) is 0.536. The molecule has 1 saturated carbocycles. The van der Waals surface area contributed by atoms with E-state index in [0.717, 1.165) is 43.1 Å². The van der Waals surface area contributed by atoms with Crippen molar-refractivity contribution >= 4 is 50.7 Å². The highest BCUT2D eigenvalue weighted by Gasteiger charge is 2.30. The second-order valence-electron chi connectivity index (χ2n) is 10.4. The summed E-state index contributed by atoms with van der Waals surface area (Å²) in [6, 6.07) is 14.1. The Morgan fingerprint density at radius 2 is 1.72 bits per heavy atom. The fourth-order valence-electron chi connectivity index (χ4n) is 5.60. The monoisotopic (exact) mass is 615 g/mol. The van der Waals surface area contributed by atoms with E-state index >= 15 is 0 Å². The SMILES string of the molecule is CN(CCOCC(=O)NC1CCC(CN2CCCC2c2ccccc2)CC1)S(=O)(=O)c1c(Cl)cc(Cl)cc1Cl. The highest BCUT2D eigenvalue weighted by atomic mass is 35.5. The van der Waals surface area contributed by atoms with Crippen molar-refractivity contribution in [3.8, 4) is 0 Å². The molecule has 1 amide bonds. The van der Waals surface area contributed by atoms with Gasteiger partial charge in [0.15, 0.2) is 0 Å². The van der Waals surface area contributed by atoms with Crippen molar-refractivity contribution in [3.05, 3.63) is 63.1 Å². The summed E-state index contributed by atoms with van der Waals surface area (Å²) in [5.41, 5.74) is 1.41. The average molecular weight is 617 g/mol. The number of likely N-dealkylation sites (N-methyl/N-ethyl adjacent to an activating group) is 1. The molecular formula is C28H36Cl3N3O4S. The highest BCUT2D eigenvalue weighted by Crippen LogP contribution is 2.36. The van der Waals surface area contributed by atoms with Crippen LogP contribution in [0.1, 0.15) is 50.1 Å². The lowest BCUT2D eigenvalue weighted by atomic mass is 9.85. The smallest absolute Gasteiger partial charge is 0.246 e. The van der Waals surface area contributed by atoms with E-state index in [9.17, 15) is 13.2 Å². The number of ether oxygens (including phenoxy) is 1. The van der Waals surface area contributed by atoms with Crippen LogP contribution in [0.25, 0.3) is 0 Å². The van der Waals surface area contributed by atoms with Gasteiger partial charge in [0, 0.05) is 37.2 Å². The van der Waals surface area contributed by atoms with E-state index in [4.69, 9.17) is 39.5 Å². The minimum Gasteiger partial charge on any atom is -0.370 e. The third-order valence-corrected chi connectivity index (χ3v) is 10.7. The van der Waals surface area contributed by atoms with Crippen LogP contribution in [0.5, 0.6) is 0 Å². The topological polar surface area (TPSA) is 79.0 Å². The minimum atomic E-state index is -3.95. The summed E-state index contributed by atoms with van der Waals surface area (Å²) in [6.07, 6.45) is 6.59. The molecule has 0 radical (unpaired) electrons. The Balaban J connectivity index is 1.15. The van der Waals surface area contributed by atoms with E-state index in [1.165, 1.54) is 37.6 Å². The fourth-order valence-corrected chi connectivity index (χ4v) is 8.24. The number of hydrogen-bond donors (Lipinski definition) is 1. The maximum absolute atomic E-state index is 12.9. The molecule has 11 heteroatoms. The quantitative estimate of drug-likeness (QED) is 0.323. The van der Waals surface area contributed by atoms with Crippen molar-refractivity contribution in [2.75, 3.05) is 39.9 Å². The van der Waals surface area contributed by atoms with E-state index in [1.54, 1.807) is 0 Å². The normalized spacial score (nSPS) is 22.3. The molecule has 0 spiro atoms. The molecule has 1 saturated heterocycles. The van der Waals surface area contributed by atoms with Crippen molar-refractivity contribution in [3.63, 3.8) is 0 Å². The summed E-state index contributed by atoms with van der Waals surface area (Å²) in [5, 5.41) is 3.22. The molecule has 1 aliphatic heterocycles. The van der Waals surface area contributed by atoms with E-state index in [-0.39, 0.29) is 51.7 Å². The first-order valence-corrected chi connectivity index (χ1v) is 16.0. The molecule has 214 valence electrons. The van der Waals surface area contributed by atoms with Crippen molar-refractivity contribution in [1.82, 2.24) is 14.5 Å². The summed E-state index contributed by atoms with van der Waals surface area (Å²) in [4.78, 5) is 14.9. The molecule has 1 N–H and O–H groups in total. The number of sulfonamides is 1. The van der Waals surface area contributed by atoms with Crippen molar-refractivity contribution in [2.45, 2.75) is 55.5 Å². The number of nitrogens with zero attached hydrogens (tertiary/aromatic N) is 2. The van der Waals surface area contributed by atoms with E-state index in [2.05, 4.69) is 40.5 Å². The first kappa shape index (κ1) is 30.6. The number of carbonyl (C=O) groups is 1. The predicted octanol–water partition coefficient (Wildman–Crippen LogP) is 5.80. The molecule has 0 aromatic heterocycles. The van der Waals surface area contributed by atoms with Gasteiger partial charge in [0.25, 0.3) is 0 Å². The number of likely N-dealkylation sites (tertiary alicyclic amines) is 1. The van der Waals surface area contributed by atoms with Gasteiger partial charge in [-0.15, -0.1) is 0 Å². The molecule has 1 heterocycles. The molecule has 2 fully saturated rings. The first-order chi connectivity index (χ1) is 18.6. The van der Waals surface area contributed by atoms with Crippen LogP contribution in [0.4, 0.5) is 0 Å². The molecule has 4 rings (SSSR count). The third-order valence-electron chi connectivity index (χ3n) is 7.67. The lowest BCUT2D eigenvalue weighted by Crippen LogP contribution is -2.41. The predicted molar refractivity (Wildman–Crippen MR) is 156 cm³/mol. The second kappa shape index (κ2) is 14.0. The van der Waals surface area contributed by atoms with Crippen LogP contribution in [-0.4, -0.2) is 69.5 Å². The zero-order valence-electron chi connectivity index (χ0n) is 22.1. The molecule has 2 aromatic rings. The van der Waals surface area contributed by atoms with E-state index < -0.39 is 10.0 Å². The summed E-state index contributed by atoms with van der Waals surface area (Å²) in [5.74, 6) is 0.468. The van der Waals surface area contributed by atoms with Gasteiger partial charge in [-0.2, -0.15) is 4.31 Å². The average Bonchev–Trinajstić information content (AvgIpc) is 3.35. The molecular weight excluding hydrogens is 581 g/mol. The third kappa shape index (κ3) is 8.09. The van der Waals surface area contributed by atoms with Crippen LogP contribution in [0.3, 0.4) is 0 Å². The van der Waals surface area contributed by atoms with Gasteiger partial charge in [-0.05, 0) is 68.7 Å². The second-order valence-corrected chi connectivity index (χ2v) is 13.7. The minimum absolute atomic E-state index is 0.0382. The maximum Gasteiger partial charge on any atom is 0.246 e. The van der Waals surface area contributed by atoms with E-state index in [0.29, 0.717) is 12.0 Å². The Kier molecular flexibility index (Phi) is 11.0. The molecule has 1 aliphatic carbocycles. The zero-order valence-corrected chi connectivity index (χ0v) is 25.2.